The van der Waals surface area contributed by atoms with Crippen LogP contribution in [0, 0.1) is 0 Å². The van der Waals surface area contributed by atoms with Gasteiger partial charge in [-0.1, -0.05) is 48.0 Å². The van der Waals surface area contributed by atoms with Crippen molar-refractivity contribution in [2.75, 3.05) is 43.4 Å². The van der Waals surface area contributed by atoms with Gasteiger partial charge in [0.2, 0.25) is 0 Å². The molecule has 4 nitrogen and oxygen atoms in total. The molecule has 138 valence electrons. The van der Waals surface area contributed by atoms with Crippen LogP contribution in [0.2, 0.25) is 5.02 Å². The summed E-state index contributed by atoms with van der Waals surface area (Å²) in [6.45, 7) is 3.96. The van der Waals surface area contributed by atoms with E-state index in [1.165, 1.54) is 0 Å². The maximum Gasteiger partial charge on any atom is 0.256 e. The molecule has 4 rings (SSSR count). The summed E-state index contributed by atoms with van der Waals surface area (Å²) in [7, 11) is 2.13. The van der Waals surface area contributed by atoms with Crippen molar-refractivity contribution < 1.29 is 4.79 Å². The van der Waals surface area contributed by atoms with Crippen LogP contribution in [0.15, 0.2) is 60.7 Å². The second-order valence-corrected chi connectivity index (χ2v) is 7.34. The Morgan fingerprint density at radius 1 is 0.963 bits per heavy atom. The number of likely N-dealkylation sites (N-methyl/N-ethyl adjacent to an activating group) is 1. The minimum Gasteiger partial charge on any atom is -0.368 e. The van der Waals surface area contributed by atoms with Crippen molar-refractivity contribution in [1.29, 1.82) is 0 Å². The Bertz CT molecular complexity index is 975. The van der Waals surface area contributed by atoms with Gasteiger partial charge < -0.3 is 15.1 Å². The predicted molar refractivity (Wildman–Crippen MR) is 113 cm³/mol. The van der Waals surface area contributed by atoms with Crippen LogP contribution in [0.4, 0.5) is 11.4 Å². The minimum absolute atomic E-state index is 0.129. The van der Waals surface area contributed by atoms with Gasteiger partial charge in [0.25, 0.3) is 5.91 Å². The third kappa shape index (κ3) is 3.77. The lowest BCUT2D eigenvalue weighted by Crippen LogP contribution is -2.44. The molecule has 3 aromatic rings. The molecule has 1 N–H and O–H groups in total. The standard InChI is InChI=1S/C22H22ClN3O/c1-25-11-13-26(14-12-25)21-10-9-17(15-20(21)23)24-22(27)19-8-4-6-16-5-2-3-7-18(16)19/h2-10,15H,11-14H2,1H3,(H,24,27). The third-order valence-corrected chi connectivity index (χ3v) is 5.39. The van der Waals surface area contributed by atoms with Gasteiger partial charge in [0.15, 0.2) is 0 Å². The van der Waals surface area contributed by atoms with E-state index in [0.717, 1.165) is 42.6 Å². The van der Waals surface area contributed by atoms with E-state index in [-0.39, 0.29) is 5.91 Å². The van der Waals surface area contributed by atoms with Crippen LogP contribution >= 0.6 is 11.6 Å². The monoisotopic (exact) mass is 379 g/mol. The number of hydrogen-bond acceptors (Lipinski definition) is 3. The van der Waals surface area contributed by atoms with Crippen LogP contribution in [0.5, 0.6) is 0 Å². The second-order valence-electron chi connectivity index (χ2n) is 6.94. The molecule has 0 aliphatic carbocycles. The van der Waals surface area contributed by atoms with Gasteiger partial charge in [-0.3, -0.25) is 4.79 Å². The molecule has 1 fully saturated rings. The van der Waals surface area contributed by atoms with E-state index in [4.69, 9.17) is 11.6 Å². The number of halogens is 1. The number of nitrogens with zero attached hydrogens (tertiary/aromatic N) is 2. The first-order valence-electron chi connectivity index (χ1n) is 9.14. The molecule has 5 heteroatoms. The lowest BCUT2D eigenvalue weighted by Gasteiger charge is -2.34. The van der Waals surface area contributed by atoms with Crippen LogP contribution in [0.3, 0.4) is 0 Å². The predicted octanol–water partition coefficient (Wildman–Crippen LogP) is 4.50. The van der Waals surface area contributed by atoms with E-state index in [1.54, 1.807) is 0 Å². The fourth-order valence-electron chi connectivity index (χ4n) is 3.51. The zero-order valence-corrected chi connectivity index (χ0v) is 16.0. The second kappa shape index (κ2) is 7.59. The van der Waals surface area contributed by atoms with Crippen molar-refractivity contribution in [2.45, 2.75) is 0 Å². The van der Waals surface area contributed by atoms with E-state index < -0.39 is 0 Å². The molecular formula is C22H22ClN3O. The smallest absolute Gasteiger partial charge is 0.256 e. The highest BCUT2D eigenvalue weighted by Gasteiger charge is 2.17. The molecule has 27 heavy (non-hydrogen) atoms. The summed E-state index contributed by atoms with van der Waals surface area (Å²) in [4.78, 5) is 17.4. The van der Waals surface area contributed by atoms with Crippen molar-refractivity contribution in [2.24, 2.45) is 0 Å². The molecule has 0 unspecified atom stereocenters. The summed E-state index contributed by atoms with van der Waals surface area (Å²) in [5.41, 5.74) is 2.39. The van der Waals surface area contributed by atoms with Crippen LogP contribution < -0.4 is 10.2 Å². The Labute approximate surface area is 164 Å². The van der Waals surface area contributed by atoms with Gasteiger partial charge in [-0.2, -0.15) is 0 Å². The Hall–Kier alpha value is -2.56. The molecule has 0 atom stereocenters. The molecule has 1 saturated heterocycles. The molecule has 0 radical (unpaired) electrons. The van der Waals surface area contributed by atoms with Gasteiger partial charge >= 0.3 is 0 Å². The minimum atomic E-state index is -0.129. The Balaban J connectivity index is 1.54. The first-order chi connectivity index (χ1) is 13.1. The number of nitrogens with one attached hydrogen (secondary N) is 1. The first kappa shape index (κ1) is 17.8. The number of hydrogen-bond donors (Lipinski definition) is 1. The highest BCUT2D eigenvalue weighted by Crippen LogP contribution is 2.30. The fourth-order valence-corrected chi connectivity index (χ4v) is 3.81. The topological polar surface area (TPSA) is 35.6 Å². The lowest BCUT2D eigenvalue weighted by molar-refractivity contribution is 0.102. The normalized spacial score (nSPS) is 15.1. The zero-order valence-electron chi connectivity index (χ0n) is 15.3. The van der Waals surface area contributed by atoms with Crippen LogP contribution in [0.25, 0.3) is 10.8 Å². The van der Waals surface area contributed by atoms with Crippen LogP contribution in [-0.2, 0) is 0 Å². The SMILES string of the molecule is CN1CCN(c2ccc(NC(=O)c3cccc4ccccc34)cc2Cl)CC1. The number of fused-ring (bicyclic) bond motifs is 1. The first-order valence-corrected chi connectivity index (χ1v) is 9.52. The molecule has 1 amide bonds. The average molecular weight is 380 g/mol. The van der Waals surface area contributed by atoms with Crippen LogP contribution in [-0.4, -0.2) is 44.0 Å². The van der Waals surface area contributed by atoms with Gasteiger partial charge in [-0.25, -0.2) is 0 Å². The summed E-state index contributed by atoms with van der Waals surface area (Å²) < 4.78 is 0. The van der Waals surface area contributed by atoms with Crippen molar-refractivity contribution in [3.8, 4) is 0 Å². The zero-order chi connectivity index (χ0) is 18.8. The molecule has 0 bridgehead atoms. The molecule has 1 aliphatic heterocycles. The average Bonchev–Trinajstić information content (AvgIpc) is 2.68. The number of rotatable bonds is 3. The lowest BCUT2D eigenvalue weighted by atomic mass is 10.0. The summed E-state index contributed by atoms with van der Waals surface area (Å²) >= 11 is 6.52. The number of anilines is 2. The molecule has 0 spiro atoms. The largest absolute Gasteiger partial charge is 0.368 e. The molecule has 0 aromatic heterocycles. The van der Waals surface area contributed by atoms with Gasteiger partial charge in [-0.15, -0.1) is 0 Å². The maximum absolute atomic E-state index is 12.8. The van der Waals surface area contributed by atoms with E-state index in [0.29, 0.717) is 16.3 Å². The van der Waals surface area contributed by atoms with Crippen molar-refractivity contribution in [3.63, 3.8) is 0 Å². The molecular weight excluding hydrogens is 358 g/mol. The van der Waals surface area contributed by atoms with E-state index >= 15 is 0 Å². The number of carbonyl (C=O) groups excluding carboxylic acids is 1. The summed E-state index contributed by atoms with van der Waals surface area (Å²) in [6, 6.07) is 19.4. The molecule has 3 aromatic carbocycles. The van der Waals surface area contributed by atoms with Crippen molar-refractivity contribution in [1.82, 2.24) is 4.90 Å². The van der Waals surface area contributed by atoms with E-state index in [1.807, 2.05) is 60.7 Å². The van der Waals surface area contributed by atoms with Gasteiger partial charge in [0.05, 0.1) is 10.7 Å². The highest BCUT2D eigenvalue weighted by molar-refractivity contribution is 6.33. The Morgan fingerprint density at radius 2 is 1.70 bits per heavy atom. The number of amides is 1. The summed E-state index contributed by atoms with van der Waals surface area (Å²) in [5.74, 6) is -0.129. The highest BCUT2D eigenvalue weighted by atomic mass is 35.5. The van der Waals surface area contributed by atoms with Gasteiger partial charge in [0, 0.05) is 37.4 Å². The summed E-state index contributed by atoms with van der Waals surface area (Å²) in [5, 5.41) is 5.63. The molecule has 1 aliphatic rings. The van der Waals surface area contributed by atoms with Gasteiger partial charge in [0.1, 0.15) is 0 Å². The van der Waals surface area contributed by atoms with E-state index in [9.17, 15) is 4.79 Å². The number of benzene rings is 3. The van der Waals surface area contributed by atoms with Gasteiger partial charge in [-0.05, 0) is 42.1 Å². The third-order valence-electron chi connectivity index (χ3n) is 5.08. The number of carbonyl (C=O) groups is 1. The Kier molecular flexibility index (Phi) is 5.01. The summed E-state index contributed by atoms with van der Waals surface area (Å²) in [6.07, 6.45) is 0. The maximum atomic E-state index is 12.8. The molecule has 1 heterocycles. The van der Waals surface area contributed by atoms with E-state index in [2.05, 4.69) is 22.2 Å². The van der Waals surface area contributed by atoms with Crippen LogP contribution in [0.1, 0.15) is 10.4 Å². The van der Waals surface area contributed by atoms with Crippen molar-refractivity contribution in [3.05, 3.63) is 71.2 Å². The fraction of sp³-hybridized carbons (Fsp3) is 0.227. The quantitative estimate of drug-likeness (QED) is 0.727. The number of piperazine rings is 1. The Morgan fingerprint density at radius 3 is 2.48 bits per heavy atom. The van der Waals surface area contributed by atoms with Crippen molar-refractivity contribution >= 4 is 39.7 Å². The molecule has 0 saturated carbocycles.